The lowest BCUT2D eigenvalue weighted by Crippen LogP contribution is -2.16. The van der Waals surface area contributed by atoms with Crippen LogP contribution < -0.4 is 5.73 Å². The number of rotatable bonds is 7. The molecule has 1 aromatic heterocycles. The van der Waals surface area contributed by atoms with Crippen LogP contribution in [0.5, 0.6) is 0 Å². The minimum Gasteiger partial charge on any atom is -0.467 e. The molecule has 0 saturated carbocycles. The van der Waals surface area contributed by atoms with Crippen LogP contribution in [0.4, 0.5) is 0 Å². The Bertz CT molecular complexity index is 244. The van der Waals surface area contributed by atoms with Gasteiger partial charge in [-0.2, -0.15) is 0 Å². The molecule has 0 aliphatic heterocycles. The van der Waals surface area contributed by atoms with Crippen molar-refractivity contribution in [3.05, 3.63) is 24.2 Å². The summed E-state index contributed by atoms with van der Waals surface area (Å²) in [5.41, 5.74) is 5.62. The lowest BCUT2D eigenvalue weighted by atomic mass is 10.1. The van der Waals surface area contributed by atoms with Gasteiger partial charge in [0.05, 0.1) is 6.26 Å². The van der Waals surface area contributed by atoms with Crippen molar-refractivity contribution in [2.24, 2.45) is 11.7 Å². The van der Waals surface area contributed by atoms with Crippen molar-refractivity contribution in [1.29, 1.82) is 0 Å². The molecular formula is C12H21NO2. The molecule has 0 aliphatic rings. The van der Waals surface area contributed by atoms with Crippen LogP contribution in [0.2, 0.25) is 0 Å². The first-order chi connectivity index (χ1) is 7.24. The summed E-state index contributed by atoms with van der Waals surface area (Å²) in [4.78, 5) is 0. The zero-order chi connectivity index (χ0) is 11.1. The normalized spacial score (nSPS) is 13.3. The number of furan rings is 1. The molecule has 0 radical (unpaired) electrons. The zero-order valence-corrected chi connectivity index (χ0v) is 9.61. The van der Waals surface area contributed by atoms with E-state index in [1.165, 1.54) is 6.42 Å². The van der Waals surface area contributed by atoms with Crippen molar-refractivity contribution in [2.75, 3.05) is 13.2 Å². The molecular weight excluding hydrogens is 190 g/mol. The van der Waals surface area contributed by atoms with Crippen LogP contribution in [0.15, 0.2) is 22.8 Å². The number of nitrogens with two attached hydrogens (primary N) is 1. The van der Waals surface area contributed by atoms with Crippen molar-refractivity contribution in [1.82, 2.24) is 0 Å². The summed E-state index contributed by atoms with van der Waals surface area (Å²) in [6.45, 7) is 5.65. The molecule has 1 rings (SSSR count). The SMILES string of the molecule is CC(C)CCCOC(CN)c1ccco1. The van der Waals surface area contributed by atoms with Gasteiger partial charge in [-0.1, -0.05) is 13.8 Å². The van der Waals surface area contributed by atoms with Crippen LogP contribution in [0, 0.1) is 5.92 Å². The van der Waals surface area contributed by atoms with Crippen molar-refractivity contribution in [3.8, 4) is 0 Å². The van der Waals surface area contributed by atoms with Crippen molar-refractivity contribution in [3.63, 3.8) is 0 Å². The van der Waals surface area contributed by atoms with E-state index in [2.05, 4.69) is 13.8 Å². The highest BCUT2D eigenvalue weighted by molar-refractivity contribution is 5.02. The van der Waals surface area contributed by atoms with Crippen molar-refractivity contribution >= 4 is 0 Å². The van der Waals surface area contributed by atoms with E-state index in [4.69, 9.17) is 14.9 Å². The highest BCUT2D eigenvalue weighted by atomic mass is 16.5. The Kier molecular flexibility index (Phi) is 5.43. The van der Waals surface area contributed by atoms with Gasteiger partial charge in [-0.3, -0.25) is 0 Å². The highest BCUT2D eigenvalue weighted by Crippen LogP contribution is 2.17. The van der Waals surface area contributed by atoms with Crippen LogP contribution in [-0.2, 0) is 4.74 Å². The molecule has 0 bridgehead atoms. The first kappa shape index (κ1) is 12.3. The average Bonchev–Trinajstić information content (AvgIpc) is 2.70. The second-order valence-electron chi connectivity index (χ2n) is 4.15. The molecule has 1 unspecified atom stereocenters. The molecule has 86 valence electrons. The third kappa shape index (κ3) is 4.49. The molecule has 3 heteroatoms. The van der Waals surface area contributed by atoms with E-state index in [0.29, 0.717) is 6.54 Å². The Balaban J connectivity index is 2.23. The summed E-state index contributed by atoms with van der Waals surface area (Å²) < 4.78 is 10.9. The molecule has 15 heavy (non-hydrogen) atoms. The summed E-state index contributed by atoms with van der Waals surface area (Å²) in [7, 11) is 0. The molecule has 0 amide bonds. The second-order valence-corrected chi connectivity index (χ2v) is 4.15. The van der Waals surface area contributed by atoms with E-state index >= 15 is 0 Å². The Morgan fingerprint density at radius 1 is 1.47 bits per heavy atom. The van der Waals surface area contributed by atoms with Crippen molar-refractivity contribution < 1.29 is 9.15 Å². The summed E-state index contributed by atoms with van der Waals surface area (Å²) in [5, 5.41) is 0. The van der Waals surface area contributed by atoms with Crippen LogP contribution in [0.3, 0.4) is 0 Å². The molecule has 1 atom stereocenters. The number of ether oxygens (including phenoxy) is 1. The predicted molar refractivity (Wildman–Crippen MR) is 60.5 cm³/mol. The third-order valence-corrected chi connectivity index (χ3v) is 2.32. The molecule has 0 aromatic carbocycles. The Morgan fingerprint density at radius 3 is 2.80 bits per heavy atom. The first-order valence-corrected chi connectivity index (χ1v) is 5.59. The first-order valence-electron chi connectivity index (χ1n) is 5.59. The fourth-order valence-corrected chi connectivity index (χ4v) is 1.46. The van der Waals surface area contributed by atoms with Crippen LogP contribution in [-0.4, -0.2) is 13.2 Å². The fraction of sp³-hybridized carbons (Fsp3) is 0.667. The van der Waals surface area contributed by atoms with Crippen LogP contribution in [0.1, 0.15) is 38.6 Å². The van der Waals surface area contributed by atoms with Gasteiger partial charge in [0.1, 0.15) is 11.9 Å². The molecule has 0 fully saturated rings. The van der Waals surface area contributed by atoms with E-state index in [1.807, 2.05) is 12.1 Å². The fourth-order valence-electron chi connectivity index (χ4n) is 1.46. The molecule has 2 N–H and O–H groups in total. The third-order valence-electron chi connectivity index (χ3n) is 2.32. The maximum absolute atomic E-state index is 5.67. The van der Waals surface area contributed by atoms with E-state index in [-0.39, 0.29) is 6.10 Å². The highest BCUT2D eigenvalue weighted by Gasteiger charge is 2.12. The smallest absolute Gasteiger partial charge is 0.133 e. The second kappa shape index (κ2) is 6.64. The lowest BCUT2D eigenvalue weighted by molar-refractivity contribution is 0.0402. The van der Waals surface area contributed by atoms with E-state index in [1.54, 1.807) is 6.26 Å². The van der Waals surface area contributed by atoms with Gasteiger partial charge >= 0.3 is 0 Å². The van der Waals surface area contributed by atoms with Gasteiger partial charge in [0.2, 0.25) is 0 Å². The van der Waals surface area contributed by atoms with Crippen molar-refractivity contribution in [2.45, 2.75) is 32.8 Å². The Morgan fingerprint density at radius 2 is 2.27 bits per heavy atom. The maximum atomic E-state index is 5.67. The maximum Gasteiger partial charge on any atom is 0.133 e. The zero-order valence-electron chi connectivity index (χ0n) is 9.61. The monoisotopic (exact) mass is 211 g/mol. The Hall–Kier alpha value is -0.800. The van der Waals surface area contributed by atoms with Crippen LogP contribution in [0.25, 0.3) is 0 Å². The van der Waals surface area contributed by atoms with Gasteiger partial charge in [0, 0.05) is 13.2 Å². The molecule has 3 nitrogen and oxygen atoms in total. The van der Waals surface area contributed by atoms with Gasteiger partial charge in [-0.25, -0.2) is 0 Å². The Labute approximate surface area is 91.6 Å². The largest absolute Gasteiger partial charge is 0.467 e. The minimum atomic E-state index is -0.0906. The molecule has 0 spiro atoms. The summed E-state index contributed by atoms with van der Waals surface area (Å²) in [6.07, 6.45) is 3.83. The molecule has 0 aliphatic carbocycles. The van der Waals surface area contributed by atoms with E-state index < -0.39 is 0 Å². The molecule has 1 heterocycles. The average molecular weight is 211 g/mol. The number of hydrogen-bond acceptors (Lipinski definition) is 3. The van der Waals surface area contributed by atoms with E-state index in [9.17, 15) is 0 Å². The van der Waals surface area contributed by atoms with E-state index in [0.717, 1.165) is 24.7 Å². The van der Waals surface area contributed by atoms with Gasteiger partial charge in [-0.05, 0) is 30.9 Å². The lowest BCUT2D eigenvalue weighted by Gasteiger charge is -2.13. The minimum absolute atomic E-state index is 0.0906. The summed E-state index contributed by atoms with van der Waals surface area (Å²) >= 11 is 0. The van der Waals surface area contributed by atoms with Gasteiger partial charge in [0.25, 0.3) is 0 Å². The van der Waals surface area contributed by atoms with Crippen LogP contribution >= 0.6 is 0 Å². The summed E-state index contributed by atoms with van der Waals surface area (Å²) in [5.74, 6) is 1.55. The predicted octanol–water partition coefficient (Wildman–Crippen LogP) is 2.73. The standard InChI is InChI=1S/C12H21NO2/c1-10(2)5-3-7-15-12(9-13)11-6-4-8-14-11/h4,6,8,10,12H,3,5,7,9,13H2,1-2H3. The number of hydrogen-bond donors (Lipinski definition) is 1. The topological polar surface area (TPSA) is 48.4 Å². The van der Waals surface area contributed by atoms with Gasteiger partial charge < -0.3 is 14.9 Å². The van der Waals surface area contributed by atoms with Gasteiger partial charge in [-0.15, -0.1) is 0 Å². The quantitative estimate of drug-likeness (QED) is 0.705. The molecule has 0 saturated heterocycles. The molecule has 1 aromatic rings. The van der Waals surface area contributed by atoms with Gasteiger partial charge in [0.15, 0.2) is 0 Å². The summed E-state index contributed by atoms with van der Waals surface area (Å²) in [6, 6.07) is 3.76.